The van der Waals surface area contributed by atoms with E-state index in [2.05, 4.69) is 0 Å². The van der Waals surface area contributed by atoms with Crippen molar-refractivity contribution in [3.05, 3.63) is 77.7 Å². The third-order valence-corrected chi connectivity index (χ3v) is 4.28. The number of aliphatic hydroxyl groups excluding tert-OH is 1. The van der Waals surface area contributed by atoms with E-state index in [1.54, 1.807) is 30.5 Å². The van der Waals surface area contributed by atoms with E-state index in [-0.39, 0.29) is 18.2 Å². The third kappa shape index (κ3) is 3.62. The summed E-state index contributed by atoms with van der Waals surface area (Å²) in [5.41, 5.74) is 4.04. The summed E-state index contributed by atoms with van der Waals surface area (Å²) in [6, 6.07) is 15.3. The van der Waals surface area contributed by atoms with E-state index >= 15 is 0 Å². The molecule has 0 spiro atoms. The van der Waals surface area contributed by atoms with Gasteiger partial charge < -0.3 is 14.2 Å². The molecule has 24 heavy (non-hydrogen) atoms. The van der Waals surface area contributed by atoms with Gasteiger partial charge in [-0.3, -0.25) is 0 Å². The van der Waals surface area contributed by atoms with Gasteiger partial charge in [-0.05, 0) is 47.0 Å². The molecule has 0 saturated heterocycles. The minimum atomic E-state index is -1.88. The van der Waals surface area contributed by atoms with Crippen LogP contribution in [-0.2, 0) is 23.4 Å². The van der Waals surface area contributed by atoms with E-state index in [1.807, 2.05) is 22.8 Å². The number of rotatable bonds is 5. The first-order valence-corrected chi connectivity index (χ1v) is 8.59. The minimum Gasteiger partial charge on any atom is -0.392 e. The second-order valence-corrected chi connectivity index (χ2v) is 6.33. The van der Waals surface area contributed by atoms with Gasteiger partial charge in [-0.25, -0.2) is 8.60 Å². The van der Waals surface area contributed by atoms with Crippen LogP contribution in [0.5, 0.6) is 0 Å². The van der Waals surface area contributed by atoms with E-state index in [0.29, 0.717) is 0 Å². The molecule has 1 heterocycles. The average Bonchev–Trinajstić information content (AvgIpc) is 3.00. The topological polar surface area (TPSA) is 62.5 Å². The van der Waals surface area contributed by atoms with Crippen molar-refractivity contribution in [1.29, 1.82) is 0 Å². The average molecular weight is 345 g/mol. The van der Waals surface area contributed by atoms with Crippen molar-refractivity contribution in [2.75, 3.05) is 0 Å². The van der Waals surface area contributed by atoms with Crippen molar-refractivity contribution in [2.24, 2.45) is 0 Å². The monoisotopic (exact) mass is 345 g/mol. The lowest BCUT2D eigenvalue weighted by molar-refractivity contribution is 0.282. The molecule has 1 aromatic heterocycles. The lowest BCUT2D eigenvalue weighted by atomic mass is 10.1. The summed E-state index contributed by atoms with van der Waals surface area (Å²) in [7, 11) is 0. The van der Waals surface area contributed by atoms with Crippen LogP contribution in [0, 0.1) is 5.82 Å². The fraction of sp³-hybridized carbons (Fsp3) is 0.111. The molecule has 0 aliphatic heterocycles. The van der Waals surface area contributed by atoms with Crippen LogP contribution >= 0.6 is 0 Å². The Balaban J connectivity index is 2.02. The molecule has 0 fully saturated rings. The maximum atomic E-state index is 13.2. The molecule has 2 aromatic carbocycles. The van der Waals surface area contributed by atoms with Crippen LogP contribution < -0.4 is 0 Å². The van der Waals surface area contributed by atoms with Crippen LogP contribution in [0.2, 0.25) is 0 Å². The first-order chi connectivity index (χ1) is 11.6. The summed E-state index contributed by atoms with van der Waals surface area (Å²) in [5.74, 6) is -0.225. The molecule has 124 valence electrons. The molecule has 1 unspecified atom stereocenters. The first-order valence-electron chi connectivity index (χ1n) is 7.31. The van der Waals surface area contributed by atoms with Crippen molar-refractivity contribution in [2.45, 2.75) is 12.4 Å². The Morgan fingerprint density at radius 2 is 1.67 bits per heavy atom. The van der Waals surface area contributed by atoms with Crippen LogP contribution in [0.3, 0.4) is 0 Å². The quantitative estimate of drug-likeness (QED) is 0.696. The molecular weight excluding hydrogens is 329 g/mol. The van der Waals surface area contributed by atoms with E-state index in [4.69, 9.17) is 4.55 Å². The minimum absolute atomic E-state index is 0.0845. The van der Waals surface area contributed by atoms with Gasteiger partial charge in [0.1, 0.15) is 5.82 Å². The molecule has 0 radical (unpaired) electrons. The summed E-state index contributed by atoms with van der Waals surface area (Å²) in [6.45, 7) is -0.0945. The molecule has 0 aliphatic carbocycles. The molecule has 0 amide bonds. The van der Waals surface area contributed by atoms with Gasteiger partial charge in [-0.15, -0.1) is 0 Å². The largest absolute Gasteiger partial charge is 0.392 e. The molecule has 2 N–H and O–H groups in total. The number of benzene rings is 2. The molecular formula is C18H16FNO3S. The number of nitrogens with zero attached hydrogens (tertiary/aromatic N) is 1. The van der Waals surface area contributed by atoms with Gasteiger partial charge in [-0.2, -0.15) is 0 Å². The lowest BCUT2D eigenvalue weighted by Crippen LogP contribution is -1.96. The van der Waals surface area contributed by atoms with Crippen LogP contribution in [0.15, 0.2) is 60.8 Å². The predicted molar refractivity (Wildman–Crippen MR) is 91.6 cm³/mol. The van der Waals surface area contributed by atoms with Gasteiger partial charge in [0.15, 0.2) is 11.1 Å². The molecule has 0 aliphatic rings. The number of hydrogen-bond donors (Lipinski definition) is 2. The third-order valence-electron chi connectivity index (χ3n) is 3.70. The molecule has 3 aromatic rings. The van der Waals surface area contributed by atoms with Crippen molar-refractivity contribution < 1.29 is 18.3 Å². The van der Waals surface area contributed by atoms with Gasteiger partial charge in [0.05, 0.1) is 18.1 Å². The highest BCUT2D eigenvalue weighted by Gasteiger charge is 2.10. The highest BCUT2D eigenvalue weighted by atomic mass is 32.2. The number of halogens is 1. The predicted octanol–water partition coefficient (Wildman–Crippen LogP) is 3.50. The summed E-state index contributed by atoms with van der Waals surface area (Å²) in [6.07, 6.45) is 1.80. The van der Waals surface area contributed by atoms with Crippen molar-refractivity contribution in [3.63, 3.8) is 0 Å². The van der Waals surface area contributed by atoms with E-state index in [1.165, 1.54) is 12.1 Å². The zero-order valence-electron chi connectivity index (χ0n) is 12.7. The Bertz CT molecular complexity index is 857. The molecule has 6 heteroatoms. The number of aromatic nitrogens is 1. The van der Waals surface area contributed by atoms with Crippen LogP contribution in [-0.4, -0.2) is 18.4 Å². The molecule has 0 bridgehead atoms. The Labute approximate surface area is 141 Å². The Morgan fingerprint density at radius 1 is 1.00 bits per heavy atom. The van der Waals surface area contributed by atoms with Gasteiger partial charge >= 0.3 is 0 Å². The SMILES string of the molecule is O=S(O)Cc1ccc(-c2cc(CO)cn2-c2ccc(F)cc2)cc1. The normalized spacial score (nSPS) is 12.3. The standard InChI is InChI=1S/C18H16FNO3S/c19-16-5-7-17(8-6-16)20-10-14(11-21)9-18(20)15-3-1-13(2-4-15)12-24(22)23/h1-10,21H,11-12H2,(H,22,23). The Morgan fingerprint density at radius 3 is 2.25 bits per heavy atom. The van der Waals surface area contributed by atoms with E-state index < -0.39 is 11.1 Å². The van der Waals surface area contributed by atoms with E-state index in [9.17, 15) is 13.7 Å². The molecule has 1 atom stereocenters. The number of aliphatic hydroxyl groups is 1. The van der Waals surface area contributed by atoms with Crippen LogP contribution in [0.4, 0.5) is 4.39 Å². The smallest absolute Gasteiger partial charge is 0.157 e. The van der Waals surface area contributed by atoms with E-state index in [0.717, 1.165) is 28.1 Å². The second kappa shape index (κ2) is 7.09. The van der Waals surface area contributed by atoms with Gasteiger partial charge in [-0.1, -0.05) is 24.3 Å². The Hall–Kier alpha value is -2.28. The highest BCUT2D eigenvalue weighted by Crippen LogP contribution is 2.27. The van der Waals surface area contributed by atoms with Crippen LogP contribution in [0.25, 0.3) is 16.9 Å². The Kier molecular flexibility index (Phi) is 4.89. The van der Waals surface area contributed by atoms with Gasteiger partial charge in [0.2, 0.25) is 0 Å². The summed E-state index contributed by atoms with van der Waals surface area (Å²) < 4.78 is 34.9. The van der Waals surface area contributed by atoms with Gasteiger partial charge in [0.25, 0.3) is 0 Å². The zero-order chi connectivity index (χ0) is 17.1. The second-order valence-electron chi connectivity index (χ2n) is 5.40. The molecule has 4 nitrogen and oxygen atoms in total. The molecule has 3 rings (SSSR count). The fourth-order valence-corrected chi connectivity index (χ4v) is 3.03. The fourth-order valence-electron chi connectivity index (χ4n) is 2.56. The summed E-state index contributed by atoms with van der Waals surface area (Å²) in [4.78, 5) is 0. The van der Waals surface area contributed by atoms with Crippen LogP contribution in [0.1, 0.15) is 11.1 Å². The zero-order valence-corrected chi connectivity index (χ0v) is 13.5. The van der Waals surface area contributed by atoms with Gasteiger partial charge in [0, 0.05) is 11.9 Å². The summed E-state index contributed by atoms with van der Waals surface area (Å²) in [5, 5.41) is 9.42. The van der Waals surface area contributed by atoms with Crippen molar-refractivity contribution in [3.8, 4) is 16.9 Å². The first kappa shape index (κ1) is 16.6. The lowest BCUT2D eigenvalue weighted by Gasteiger charge is -2.10. The number of hydrogen-bond acceptors (Lipinski definition) is 2. The maximum absolute atomic E-state index is 13.2. The molecule has 0 saturated carbocycles. The van der Waals surface area contributed by atoms with Crippen molar-refractivity contribution in [1.82, 2.24) is 4.57 Å². The maximum Gasteiger partial charge on any atom is 0.157 e. The highest BCUT2D eigenvalue weighted by molar-refractivity contribution is 7.78. The van der Waals surface area contributed by atoms with Crippen molar-refractivity contribution >= 4 is 11.1 Å². The summed E-state index contributed by atoms with van der Waals surface area (Å²) >= 11 is -1.88.